The van der Waals surface area contributed by atoms with Crippen LogP contribution in [0.5, 0.6) is 0 Å². The molecule has 0 aliphatic heterocycles. The van der Waals surface area contributed by atoms with Gasteiger partial charge in [-0.3, -0.25) is 4.21 Å². The van der Waals surface area contributed by atoms with E-state index in [1.54, 1.807) is 6.26 Å². The molecule has 0 bridgehead atoms. The van der Waals surface area contributed by atoms with Crippen LogP contribution in [0.3, 0.4) is 0 Å². The summed E-state index contributed by atoms with van der Waals surface area (Å²) in [5.41, 5.74) is 0. The molecule has 2 unspecified atom stereocenters. The minimum Gasteiger partial charge on any atom is -0.255 e. The van der Waals surface area contributed by atoms with Gasteiger partial charge in [-0.25, -0.2) is 0 Å². The van der Waals surface area contributed by atoms with Crippen LogP contribution in [-0.2, 0) is 10.8 Å². The molecule has 0 spiro atoms. The van der Waals surface area contributed by atoms with Crippen molar-refractivity contribution in [1.82, 2.24) is 0 Å². The van der Waals surface area contributed by atoms with Gasteiger partial charge in [0.15, 0.2) is 0 Å². The fourth-order valence-electron chi connectivity index (χ4n) is 0.921. The Morgan fingerprint density at radius 1 is 1.70 bits per heavy atom. The first-order valence-electron chi connectivity index (χ1n) is 3.42. The van der Waals surface area contributed by atoms with Gasteiger partial charge < -0.3 is 0 Å². The van der Waals surface area contributed by atoms with Crippen molar-refractivity contribution >= 4 is 10.8 Å². The van der Waals surface area contributed by atoms with Crippen molar-refractivity contribution in [3.8, 4) is 0 Å². The highest BCUT2D eigenvalue weighted by atomic mass is 32.2. The van der Waals surface area contributed by atoms with Gasteiger partial charge in [0.2, 0.25) is 0 Å². The maximum atomic E-state index is 10.9. The van der Waals surface area contributed by atoms with Gasteiger partial charge in [-0.15, -0.1) is 0 Å². The summed E-state index contributed by atoms with van der Waals surface area (Å²) < 4.78 is 10.9. The average Bonchev–Trinajstić information content (AvgIpc) is 1.88. The minimum absolute atomic E-state index is 0.618. The molecule has 0 radical (unpaired) electrons. The van der Waals surface area contributed by atoms with Crippen molar-refractivity contribution in [3.63, 3.8) is 0 Å². The molecule has 0 aromatic carbocycles. The van der Waals surface area contributed by atoms with Crippen molar-refractivity contribution in [1.29, 1.82) is 0 Å². The van der Waals surface area contributed by atoms with E-state index in [0.29, 0.717) is 5.92 Å². The fraction of sp³-hybridized carbons (Fsp3) is 0.500. The van der Waals surface area contributed by atoms with Gasteiger partial charge in [0, 0.05) is 22.0 Å². The highest BCUT2D eigenvalue weighted by Gasteiger charge is 2.04. The van der Waals surface area contributed by atoms with Crippen molar-refractivity contribution < 1.29 is 4.21 Å². The lowest BCUT2D eigenvalue weighted by atomic mass is 10.0. The summed E-state index contributed by atoms with van der Waals surface area (Å²) in [6.45, 7) is 2.16. The third kappa shape index (κ3) is 1.81. The molecule has 2 atom stereocenters. The second kappa shape index (κ2) is 3.15. The summed E-state index contributed by atoms with van der Waals surface area (Å²) in [5, 5.41) is 0. The van der Waals surface area contributed by atoms with Gasteiger partial charge in [0.25, 0.3) is 0 Å². The van der Waals surface area contributed by atoms with Crippen LogP contribution in [0.4, 0.5) is 0 Å². The van der Waals surface area contributed by atoms with E-state index >= 15 is 0 Å². The summed E-state index contributed by atoms with van der Waals surface area (Å²) in [6, 6.07) is 0. The zero-order valence-electron chi connectivity index (χ0n) is 6.33. The molecule has 1 nitrogen and oxygen atoms in total. The first kappa shape index (κ1) is 7.73. The Bertz CT molecular complexity index is 203. The lowest BCUT2D eigenvalue weighted by Crippen LogP contribution is -1.97. The van der Waals surface area contributed by atoms with Crippen LogP contribution >= 0.6 is 0 Å². The Kier molecular flexibility index (Phi) is 2.44. The number of allylic oxidation sites excluding steroid dienone is 3. The predicted molar refractivity (Wildman–Crippen MR) is 45.1 cm³/mol. The van der Waals surface area contributed by atoms with Crippen LogP contribution in [0, 0.1) is 5.92 Å². The summed E-state index contributed by atoms with van der Waals surface area (Å²) in [7, 11) is -0.793. The van der Waals surface area contributed by atoms with Crippen LogP contribution in [0.2, 0.25) is 0 Å². The van der Waals surface area contributed by atoms with Gasteiger partial charge in [-0.05, 0) is 12.3 Å². The number of hydrogen-bond acceptors (Lipinski definition) is 1. The molecule has 0 amide bonds. The van der Waals surface area contributed by atoms with Crippen LogP contribution in [0.15, 0.2) is 23.1 Å². The number of hydrogen-bond donors (Lipinski definition) is 0. The Morgan fingerprint density at radius 2 is 2.40 bits per heavy atom. The van der Waals surface area contributed by atoms with Gasteiger partial charge in [-0.1, -0.05) is 25.2 Å². The van der Waals surface area contributed by atoms with Crippen molar-refractivity contribution in [2.24, 2.45) is 5.92 Å². The predicted octanol–water partition coefficient (Wildman–Crippen LogP) is 1.84. The van der Waals surface area contributed by atoms with Crippen molar-refractivity contribution in [3.05, 3.63) is 23.1 Å². The third-order valence-corrected chi connectivity index (χ3v) is 2.58. The monoisotopic (exact) mass is 156 g/mol. The molecule has 0 aromatic rings. The first-order valence-corrected chi connectivity index (χ1v) is 4.97. The lowest BCUT2D eigenvalue weighted by Gasteiger charge is -2.08. The number of rotatable bonds is 1. The standard InChI is InChI=1S/C8H12OS/c1-7-3-5-8(6-4-7)10(2)9/h3,5-7H,4H2,1-2H3. The molecule has 10 heavy (non-hydrogen) atoms. The quantitative estimate of drug-likeness (QED) is 0.566. The lowest BCUT2D eigenvalue weighted by molar-refractivity contribution is 0.688. The molecule has 0 N–H and O–H groups in total. The van der Waals surface area contributed by atoms with Crippen molar-refractivity contribution in [2.75, 3.05) is 6.26 Å². The van der Waals surface area contributed by atoms with E-state index in [0.717, 1.165) is 11.3 Å². The fourth-order valence-corrected chi connectivity index (χ4v) is 1.52. The third-order valence-electron chi connectivity index (χ3n) is 1.61. The van der Waals surface area contributed by atoms with Gasteiger partial charge in [-0.2, -0.15) is 0 Å². The Hall–Kier alpha value is -0.370. The second-order valence-electron chi connectivity index (χ2n) is 2.63. The van der Waals surface area contributed by atoms with Gasteiger partial charge >= 0.3 is 0 Å². The van der Waals surface area contributed by atoms with Gasteiger partial charge in [0.05, 0.1) is 0 Å². The molecule has 1 aliphatic rings. The molecule has 1 rings (SSSR count). The molecule has 0 fully saturated rings. The maximum absolute atomic E-state index is 10.9. The van der Waals surface area contributed by atoms with E-state index in [1.165, 1.54) is 0 Å². The molecule has 0 saturated heterocycles. The molecular formula is C8H12OS. The van der Waals surface area contributed by atoms with Crippen LogP contribution in [0.25, 0.3) is 0 Å². The molecule has 0 heterocycles. The zero-order chi connectivity index (χ0) is 7.56. The van der Waals surface area contributed by atoms with E-state index in [-0.39, 0.29) is 0 Å². The van der Waals surface area contributed by atoms with E-state index in [4.69, 9.17) is 0 Å². The van der Waals surface area contributed by atoms with Crippen LogP contribution in [-0.4, -0.2) is 10.5 Å². The molecule has 56 valence electrons. The molecule has 2 heteroatoms. The second-order valence-corrected chi connectivity index (χ2v) is 4.01. The molecule has 0 saturated carbocycles. The molecule has 1 aliphatic carbocycles. The zero-order valence-corrected chi connectivity index (χ0v) is 7.15. The largest absolute Gasteiger partial charge is 0.255 e. The topological polar surface area (TPSA) is 17.1 Å². The Morgan fingerprint density at radius 3 is 2.80 bits per heavy atom. The summed E-state index contributed by atoms with van der Waals surface area (Å²) in [6.07, 6.45) is 8.87. The van der Waals surface area contributed by atoms with E-state index < -0.39 is 10.8 Å². The minimum atomic E-state index is -0.793. The smallest absolute Gasteiger partial charge is 0.0494 e. The highest BCUT2D eigenvalue weighted by Crippen LogP contribution is 2.16. The SMILES string of the molecule is CC1C=CC(S(C)=O)=CC1. The molecular weight excluding hydrogens is 144 g/mol. The van der Waals surface area contributed by atoms with Crippen LogP contribution in [0.1, 0.15) is 13.3 Å². The Balaban J connectivity index is 2.67. The first-order chi connectivity index (χ1) is 4.70. The van der Waals surface area contributed by atoms with Crippen molar-refractivity contribution in [2.45, 2.75) is 13.3 Å². The summed E-state index contributed by atoms with van der Waals surface area (Å²) in [4.78, 5) is 0.970. The highest BCUT2D eigenvalue weighted by molar-refractivity contribution is 7.88. The van der Waals surface area contributed by atoms with Gasteiger partial charge in [0.1, 0.15) is 0 Å². The summed E-state index contributed by atoms with van der Waals surface area (Å²) >= 11 is 0. The molecule has 0 aromatic heterocycles. The maximum Gasteiger partial charge on any atom is 0.0494 e. The van der Waals surface area contributed by atoms with E-state index in [9.17, 15) is 4.21 Å². The Labute approximate surface area is 64.3 Å². The van der Waals surface area contributed by atoms with E-state index in [1.807, 2.05) is 6.08 Å². The normalized spacial score (nSPS) is 27.8. The van der Waals surface area contributed by atoms with E-state index in [2.05, 4.69) is 19.1 Å². The average molecular weight is 156 g/mol. The summed E-state index contributed by atoms with van der Waals surface area (Å²) in [5.74, 6) is 0.618. The van der Waals surface area contributed by atoms with Crippen LogP contribution < -0.4 is 0 Å².